The summed E-state index contributed by atoms with van der Waals surface area (Å²) in [5.74, 6) is -0.890. The van der Waals surface area contributed by atoms with Crippen molar-refractivity contribution in [3.05, 3.63) is 62.9 Å². The fourth-order valence-electron chi connectivity index (χ4n) is 2.15. The number of hydrogen-bond acceptors (Lipinski definition) is 5. The van der Waals surface area contributed by atoms with Crippen LogP contribution >= 0.6 is 22.6 Å². The number of rotatable bonds is 4. The Kier molecular flexibility index (Phi) is 4.70. The smallest absolute Gasteiger partial charge is 0.256 e. The standard InChI is InChI=1S/C17H12INO5/c18-12-4-2-1-3-11(12)16(20)19-13(17(21)22)7-10-5-6-14-15(8-10)24-9-23-14/h1-8H,9H2,(H,19,20)(H,21,22)/p-1/b13-7+. The highest BCUT2D eigenvalue weighted by Gasteiger charge is 2.14. The highest BCUT2D eigenvalue weighted by molar-refractivity contribution is 14.1. The van der Waals surface area contributed by atoms with E-state index in [4.69, 9.17) is 9.47 Å². The molecule has 0 fully saturated rings. The van der Waals surface area contributed by atoms with E-state index in [0.29, 0.717) is 26.2 Å². The summed E-state index contributed by atoms with van der Waals surface area (Å²) in [5, 5.41) is 13.7. The molecular weight excluding hydrogens is 425 g/mol. The first-order valence-corrected chi connectivity index (χ1v) is 8.01. The molecule has 0 saturated carbocycles. The fourth-order valence-corrected chi connectivity index (χ4v) is 2.78. The van der Waals surface area contributed by atoms with Gasteiger partial charge in [0.15, 0.2) is 11.5 Å². The van der Waals surface area contributed by atoms with Crippen LogP contribution in [0.5, 0.6) is 11.5 Å². The van der Waals surface area contributed by atoms with Gasteiger partial charge in [-0.3, -0.25) is 4.79 Å². The maximum absolute atomic E-state index is 12.3. The maximum atomic E-state index is 12.3. The van der Waals surface area contributed by atoms with Crippen molar-refractivity contribution >= 4 is 40.5 Å². The molecule has 2 aromatic carbocycles. The van der Waals surface area contributed by atoms with Crippen molar-refractivity contribution in [2.75, 3.05) is 6.79 Å². The van der Waals surface area contributed by atoms with E-state index < -0.39 is 11.9 Å². The van der Waals surface area contributed by atoms with Crippen molar-refractivity contribution < 1.29 is 24.2 Å². The van der Waals surface area contributed by atoms with E-state index in [1.54, 1.807) is 42.5 Å². The number of nitrogens with one attached hydrogen (secondary N) is 1. The lowest BCUT2D eigenvalue weighted by molar-refractivity contribution is -0.299. The van der Waals surface area contributed by atoms with Gasteiger partial charge < -0.3 is 24.7 Å². The lowest BCUT2D eigenvalue weighted by Crippen LogP contribution is -2.35. The van der Waals surface area contributed by atoms with Gasteiger partial charge in [0, 0.05) is 3.57 Å². The van der Waals surface area contributed by atoms with Crippen LogP contribution < -0.4 is 19.9 Å². The second-order valence-corrected chi connectivity index (χ2v) is 6.05. The Morgan fingerprint density at radius 2 is 1.88 bits per heavy atom. The molecule has 1 amide bonds. The van der Waals surface area contributed by atoms with E-state index in [0.717, 1.165) is 0 Å². The van der Waals surface area contributed by atoms with Crippen LogP contribution in [0.2, 0.25) is 0 Å². The van der Waals surface area contributed by atoms with E-state index >= 15 is 0 Å². The van der Waals surface area contributed by atoms with E-state index in [-0.39, 0.29) is 12.5 Å². The fraction of sp³-hybridized carbons (Fsp3) is 0.0588. The van der Waals surface area contributed by atoms with Crippen LogP contribution in [-0.2, 0) is 4.79 Å². The van der Waals surface area contributed by atoms with E-state index in [2.05, 4.69) is 5.32 Å². The Hall–Kier alpha value is -2.55. The summed E-state index contributed by atoms with van der Waals surface area (Å²) in [5.41, 5.74) is 0.593. The number of ether oxygens (including phenoxy) is 2. The topological polar surface area (TPSA) is 87.7 Å². The Balaban J connectivity index is 1.86. The third-order valence-electron chi connectivity index (χ3n) is 3.29. The van der Waals surface area contributed by atoms with Crippen LogP contribution in [0.1, 0.15) is 15.9 Å². The van der Waals surface area contributed by atoms with Gasteiger partial charge in [-0.15, -0.1) is 0 Å². The molecule has 1 heterocycles. The second kappa shape index (κ2) is 6.91. The summed E-state index contributed by atoms with van der Waals surface area (Å²) in [6.45, 7) is 0.124. The number of carbonyl (C=O) groups is 2. The van der Waals surface area contributed by atoms with Crippen molar-refractivity contribution in [2.24, 2.45) is 0 Å². The Bertz CT molecular complexity index is 847. The lowest BCUT2D eigenvalue weighted by Gasteiger charge is -2.12. The first-order valence-electron chi connectivity index (χ1n) is 6.93. The SMILES string of the molecule is O=C([O-])/C(=C\c1ccc2c(c1)OCO2)NC(=O)c1ccccc1I. The summed E-state index contributed by atoms with van der Waals surface area (Å²) in [7, 11) is 0. The number of carboxylic acids is 1. The molecule has 0 aromatic heterocycles. The summed E-state index contributed by atoms with van der Waals surface area (Å²) in [6.07, 6.45) is 1.31. The van der Waals surface area contributed by atoms with Crippen LogP contribution in [0.4, 0.5) is 0 Å². The third-order valence-corrected chi connectivity index (χ3v) is 4.23. The quantitative estimate of drug-likeness (QED) is 0.581. The van der Waals surface area contributed by atoms with Crippen molar-refractivity contribution in [3.63, 3.8) is 0 Å². The molecule has 24 heavy (non-hydrogen) atoms. The van der Waals surface area contributed by atoms with Gasteiger partial charge in [-0.1, -0.05) is 18.2 Å². The first kappa shape index (κ1) is 16.3. The van der Waals surface area contributed by atoms with Gasteiger partial charge in [-0.25, -0.2) is 0 Å². The molecular formula is C17H11INO5-. The summed E-state index contributed by atoms with van der Waals surface area (Å²) in [6, 6.07) is 11.8. The van der Waals surface area contributed by atoms with Gasteiger partial charge in [0.25, 0.3) is 5.91 Å². The largest absolute Gasteiger partial charge is 0.543 e. The molecule has 122 valence electrons. The van der Waals surface area contributed by atoms with Crippen molar-refractivity contribution in [2.45, 2.75) is 0 Å². The molecule has 0 atom stereocenters. The van der Waals surface area contributed by atoms with Crippen molar-refractivity contribution in [1.29, 1.82) is 0 Å². The minimum Gasteiger partial charge on any atom is -0.543 e. The highest BCUT2D eigenvalue weighted by Crippen LogP contribution is 2.33. The Morgan fingerprint density at radius 3 is 2.62 bits per heavy atom. The average Bonchev–Trinajstić information content (AvgIpc) is 3.02. The molecule has 0 spiro atoms. The molecule has 2 aromatic rings. The number of carbonyl (C=O) groups excluding carboxylic acids is 2. The first-order chi connectivity index (χ1) is 11.5. The van der Waals surface area contributed by atoms with Gasteiger partial charge in [0.2, 0.25) is 6.79 Å². The van der Waals surface area contributed by atoms with Gasteiger partial charge in [-0.05, 0) is 58.5 Å². The average molecular weight is 436 g/mol. The maximum Gasteiger partial charge on any atom is 0.256 e. The molecule has 6 nitrogen and oxygen atoms in total. The van der Waals surface area contributed by atoms with Crippen LogP contribution in [-0.4, -0.2) is 18.7 Å². The predicted octanol–water partition coefficient (Wildman–Crippen LogP) is 1.54. The molecule has 0 radical (unpaired) electrons. The summed E-state index contributed by atoms with van der Waals surface area (Å²) < 4.78 is 11.2. The normalized spacial score (nSPS) is 12.8. The zero-order valence-electron chi connectivity index (χ0n) is 12.2. The molecule has 0 unspecified atom stereocenters. The van der Waals surface area contributed by atoms with E-state index in [1.165, 1.54) is 6.08 Å². The summed E-state index contributed by atoms with van der Waals surface area (Å²) >= 11 is 2.01. The molecule has 0 saturated heterocycles. The lowest BCUT2D eigenvalue weighted by atomic mass is 10.1. The monoisotopic (exact) mass is 436 g/mol. The molecule has 3 rings (SSSR count). The summed E-state index contributed by atoms with van der Waals surface area (Å²) in [4.78, 5) is 23.6. The zero-order valence-corrected chi connectivity index (χ0v) is 14.4. The molecule has 1 aliphatic rings. The highest BCUT2D eigenvalue weighted by atomic mass is 127. The third kappa shape index (κ3) is 3.51. The molecule has 7 heteroatoms. The van der Waals surface area contributed by atoms with Crippen LogP contribution in [0, 0.1) is 3.57 Å². The van der Waals surface area contributed by atoms with Gasteiger partial charge in [0.05, 0.1) is 17.2 Å². The number of benzene rings is 2. The van der Waals surface area contributed by atoms with Gasteiger partial charge in [-0.2, -0.15) is 0 Å². The molecule has 1 aliphatic heterocycles. The number of aliphatic carboxylic acids is 1. The minimum atomic E-state index is -1.48. The van der Waals surface area contributed by atoms with E-state index in [1.807, 2.05) is 22.6 Å². The second-order valence-electron chi connectivity index (χ2n) is 4.89. The Morgan fingerprint density at radius 1 is 1.12 bits per heavy atom. The number of carboxylic acid groups (broad SMARTS) is 1. The van der Waals surface area contributed by atoms with Crippen LogP contribution in [0.3, 0.4) is 0 Å². The molecule has 1 N–H and O–H groups in total. The number of halogens is 1. The number of amides is 1. The van der Waals surface area contributed by atoms with Gasteiger partial charge >= 0.3 is 0 Å². The van der Waals surface area contributed by atoms with Crippen LogP contribution in [0.15, 0.2) is 48.2 Å². The minimum absolute atomic E-state index is 0.124. The van der Waals surface area contributed by atoms with Crippen molar-refractivity contribution in [1.82, 2.24) is 5.32 Å². The zero-order chi connectivity index (χ0) is 17.1. The Labute approximate surface area is 151 Å². The number of fused-ring (bicyclic) bond motifs is 1. The molecule has 0 bridgehead atoms. The van der Waals surface area contributed by atoms with Gasteiger partial charge in [0.1, 0.15) is 0 Å². The molecule has 0 aliphatic carbocycles. The van der Waals surface area contributed by atoms with E-state index in [9.17, 15) is 14.7 Å². The van der Waals surface area contributed by atoms with Crippen LogP contribution in [0.25, 0.3) is 6.08 Å². The van der Waals surface area contributed by atoms with Crippen molar-refractivity contribution in [3.8, 4) is 11.5 Å². The predicted molar refractivity (Wildman–Crippen MR) is 92.2 cm³/mol. The number of hydrogen-bond donors (Lipinski definition) is 1.